The molecule has 0 radical (unpaired) electrons. The Bertz CT molecular complexity index is 626. The van der Waals surface area contributed by atoms with Crippen LogP contribution in [0.25, 0.3) is 0 Å². The monoisotopic (exact) mass is 275 g/mol. The minimum atomic E-state index is -0.693. The predicted molar refractivity (Wildman–Crippen MR) is 70.5 cm³/mol. The molecule has 0 atom stereocenters. The maximum absolute atomic E-state index is 12.3. The van der Waals surface area contributed by atoms with Crippen LogP contribution in [0.5, 0.6) is 0 Å². The number of hydrogen-bond acceptors (Lipinski definition) is 4. The highest BCUT2D eigenvalue weighted by atomic mass is 35.5. The van der Waals surface area contributed by atoms with Gasteiger partial charge in [-0.3, -0.25) is 4.79 Å². The minimum Gasteiger partial charge on any atom is -0.464 e. The second-order valence-electron chi connectivity index (χ2n) is 3.72. The van der Waals surface area contributed by atoms with Gasteiger partial charge < -0.3 is 4.74 Å². The molecule has 0 aliphatic rings. The van der Waals surface area contributed by atoms with Crippen LogP contribution in [0.1, 0.15) is 26.4 Å². The average Bonchev–Trinajstić information content (AvgIpc) is 2.46. The zero-order chi connectivity index (χ0) is 13.8. The summed E-state index contributed by atoms with van der Waals surface area (Å²) in [5, 5.41) is 0.130. The van der Waals surface area contributed by atoms with E-state index in [9.17, 15) is 9.59 Å². The Kier molecular flexibility index (Phi) is 3.92. The van der Waals surface area contributed by atoms with E-state index in [-0.39, 0.29) is 22.2 Å². The highest BCUT2D eigenvalue weighted by Crippen LogP contribution is 2.17. The summed E-state index contributed by atoms with van der Waals surface area (Å²) in [7, 11) is 1.22. The van der Waals surface area contributed by atoms with Crippen LogP contribution in [0.3, 0.4) is 0 Å². The third kappa shape index (κ3) is 2.80. The molecule has 4 nitrogen and oxygen atoms in total. The van der Waals surface area contributed by atoms with Crippen LogP contribution in [-0.4, -0.2) is 23.8 Å². The maximum Gasteiger partial charge on any atom is 0.357 e. The van der Waals surface area contributed by atoms with Gasteiger partial charge >= 0.3 is 5.97 Å². The summed E-state index contributed by atoms with van der Waals surface area (Å²) in [5.74, 6) is -0.994. The van der Waals surface area contributed by atoms with Crippen LogP contribution in [-0.2, 0) is 4.74 Å². The molecular formula is C14H10ClNO3. The van der Waals surface area contributed by atoms with Gasteiger partial charge in [-0.05, 0) is 12.1 Å². The van der Waals surface area contributed by atoms with Crippen LogP contribution in [0.4, 0.5) is 0 Å². The number of carbonyl (C=O) groups excluding carboxylic acids is 2. The van der Waals surface area contributed by atoms with Gasteiger partial charge in [0.2, 0.25) is 0 Å². The Morgan fingerprint density at radius 2 is 1.79 bits per heavy atom. The number of benzene rings is 1. The first kappa shape index (κ1) is 13.2. The van der Waals surface area contributed by atoms with Crippen LogP contribution in [0, 0.1) is 0 Å². The van der Waals surface area contributed by atoms with E-state index < -0.39 is 5.97 Å². The lowest BCUT2D eigenvalue weighted by Crippen LogP contribution is -2.13. The lowest BCUT2D eigenvalue weighted by Gasteiger charge is -2.06. The Morgan fingerprint density at radius 3 is 2.42 bits per heavy atom. The van der Waals surface area contributed by atoms with Crippen molar-refractivity contribution < 1.29 is 14.3 Å². The van der Waals surface area contributed by atoms with Gasteiger partial charge in [0, 0.05) is 5.56 Å². The summed E-state index contributed by atoms with van der Waals surface area (Å²) < 4.78 is 4.61. The second-order valence-corrected chi connectivity index (χ2v) is 4.10. The Hall–Kier alpha value is -2.20. The number of ether oxygens (including phenoxy) is 1. The highest BCUT2D eigenvalue weighted by molar-refractivity contribution is 6.29. The van der Waals surface area contributed by atoms with Crippen molar-refractivity contribution in [1.82, 2.24) is 4.98 Å². The molecule has 2 aromatic rings. The van der Waals surface area contributed by atoms with E-state index in [0.29, 0.717) is 5.56 Å². The Balaban J connectivity index is 2.51. The van der Waals surface area contributed by atoms with Crippen LogP contribution >= 0.6 is 11.6 Å². The van der Waals surface area contributed by atoms with Crippen LogP contribution in [0.2, 0.25) is 5.15 Å². The quantitative estimate of drug-likeness (QED) is 0.491. The molecule has 0 spiro atoms. The third-order valence-electron chi connectivity index (χ3n) is 2.52. The summed E-state index contributed by atoms with van der Waals surface area (Å²) in [6, 6.07) is 11.6. The van der Waals surface area contributed by atoms with Crippen molar-refractivity contribution in [2.75, 3.05) is 7.11 Å². The molecule has 0 fully saturated rings. The fourth-order valence-electron chi connectivity index (χ4n) is 1.62. The molecule has 0 N–H and O–H groups in total. The summed E-state index contributed by atoms with van der Waals surface area (Å²) in [6.07, 6.45) is 0. The van der Waals surface area contributed by atoms with E-state index in [1.807, 2.05) is 0 Å². The molecule has 0 saturated heterocycles. The summed E-state index contributed by atoms with van der Waals surface area (Å²) in [5.41, 5.74) is 0.558. The molecule has 0 amide bonds. The van der Waals surface area contributed by atoms with Crippen molar-refractivity contribution in [2.45, 2.75) is 0 Å². The first-order valence-corrected chi connectivity index (χ1v) is 5.86. The van der Waals surface area contributed by atoms with Gasteiger partial charge in [0.05, 0.1) is 12.7 Å². The molecule has 1 aromatic heterocycles. The number of ketones is 1. The predicted octanol–water partition coefficient (Wildman–Crippen LogP) is 2.75. The number of carbonyl (C=O) groups is 2. The van der Waals surface area contributed by atoms with Crippen LogP contribution < -0.4 is 0 Å². The molecular weight excluding hydrogens is 266 g/mol. The smallest absolute Gasteiger partial charge is 0.357 e. The SMILES string of the molecule is COC(=O)c1nc(Cl)ccc1C(=O)c1ccccc1. The fraction of sp³-hybridized carbons (Fsp3) is 0.0714. The largest absolute Gasteiger partial charge is 0.464 e. The zero-order valence-corrected chi connectivity index (χ0v) is 10.8. The number of esters is 1. The number of nitrogens with zero attached hydrogens (tertiary/aromatic N) is 1. The first-order chi connectivity index (χ1) is 9.13. The van der Waals surface area contributed by atoms with Crippen molar-refractivity contribution in [3.8, 4) is 0 Å². The molecule has 1 aromatic carbocycles. The minimum absolute atomic E-state index is 0.0798. The maximum atomic E-state index is 12.3. The molecule has 2 rings (SSSR count). The first-order valence-electron chi connectivity index (χ1n) is 5.48. The molecule has 0 bridgehead atoms. The lowest BCUT2D eigenvalue weighted by atomic mass is 10.0. The Morgan fingerprint density at radius 1 is 1.11 bits per heavy atom. The molecule has 96 valence electrons. The van der Waals surface area contributed by atoms with E-state index in [2.05, 4.69) is 9.72 Å². The van der Waals surface area contributed by atoms with Gasteiger partial charge in [-0.25, -0.2) is 9.78 Å². The van der Waals surface area contributed by atoms with Gasteiger partial charge in [-0.1, -0.05) is 41.9 Å². The van der Waals surface area contributed by atoms with Crippen molar-refractivity contribution >= 4 is 23.4 Å². The summed E-state index contributed by atoms with van der Waals surface area (Å²) >= 11 is 5.74. The van der Waals surface area contributed by atoms with E-state index in [1.165, 1.54) is 19.2 Å². The van der Waals surface area contributed by atoms with Gasteiger partial charge in [-0.2, -0.15) is 0 Å². The van der Waals surface area contributed by atoms with E-state index in [0.717, 1.165) is 0 Å². The molecule has 19 heavy (non-hydrogen) atoms. The van der Waals surface area contributed by atoms with Gasteiger partial charge in [-0.15, -0.1) is 0 Å². The number of methoxy groups -OCH3 is 1. The van der Waals surface area contributed by atoms with E-state index >= 15 is 0 Å². The van der Waals surface area contributed by atoms with E-state index in [1.54, 1.807) is 30.3 Å². The number of aromatic nitrogens is 1. The molecule has 0 unspecified atom stereocenters. The standard InChI is InChI=1S/C14H10ClNO3/c1-19-14(18)12-10(7-8-11(15)16-12)13(17)9-5-3-2-4-6-9/h2-8H,1H3. The molecule has 0 saturated carbocycles. The van der Waals surface area contributed by atoms with Crippen molar-refractivity contribution in [3.63, 3.8) is 0 Å². The fourth-order valence-corrected chi connectivity index (χ4v) is 1.76. The number of pyridine rings is 1. The average molecular weight is 276 g/mol. The van der Waals surface area contributed by atoms with Crippen molar-refractivity contribution in [2.24, 2.45) is 0 Å². The number of rotatable bonds is 3. The van der Waals surface area contributed by atoms with Crippen LogP contribution in [0.15, 0.2) is 42.5 Å². The third-order valence-corrected chi connectivity index (χ3v) is 2.73. The number of halogens is 1. The highest BCUT2D eigenvalue weighted by Gasteiger charge is 2.20. The molecule has 5 heteroatoms. The van der Waals surface area contributed by atoms with Gasteiger partial charge in [0.25, 0.3) is 0 Å². The lowest BCUT2D eigenvalue weighted by molar-refractivity contribution is 0.0590. The van der Waals surface area contributed by atoms with E-state index in [4.69, 9.17) is 11.6 Å². The Labute approximate surface area is 115 Å². The molecule has 0 aliphatic carbocycles. The second kappa shape index (κ2) is 5.63. The molecule has 1 heterocycles. The van der Waals surface area contributed by atoms with Gasteiger partial charge in [0.15, 0.2) is 11.5 Å². The van der Waals surface area contributed by atoms with Gasteiger partial charge in [0.1, 0.15) is 5.15 Å². The summed E-state index contributed by atoms with van der Waals surface area (Å²) in [4.78, 5) is 27.8. The molecule has 0 aliphatic heterocycles. The normalized spacial score (nSPS) is 10.0. The van der Waals surface area contributed by atoms with Crippen molar-refractivity contribution in [1.29, 1.82) is 0 Å². The zero-order valence-electron chi connectivity index (χ0n) is 10.1. The summed E-state index contributed by atoms with van der Waals surface area (Å²) in [6.45, 7) is 0. The number of hydrogen-bond donors (Lipinski definition) is 0. The topological polar surface area (TPSA) is 56.3 Å². The van der Waals surface area contributed by atoms with Crippen molar-refractivity contribution in [3.05, 3.63) is 64.4 Å².